The van der Waals surface area contributed by atoms with Crippen molar-refractivity contribution in [1.29, 1.82) is 0 Å². The number of aromatic nitrogens is 1. The summed E-state index contributed by atoms with van der Waals surface area (Å²) in [6.07, 6.45) is 3.82. The van der Waals surface area contributed by atoms with Crippen molar-refractivity contribution in [3.05, 3.63) is 87.4 Å². The molecule has 182 valence electrons. The largest absolute Gasteiger partial charge is 0.494 e. The van der Waals surface area contributed by atoms with E-state index in [4.69, 9.17) is 9.47 Å². The second-order valence-corrected chi connectivity index (χ2v) is 11.2. The van der Waals surface area contributed by atoms with Gasteiger partial charge in [-0.05, 0) is 93.4 Å². The van der Waals surface area contributed by atoms with Gasteiger partial charge in [0.15, 0.2) is 4.80 Å². The Morgan fingerprint density at radius 3 is 2.46 bits per heavy atom. The van der Waals surface area contributed by atoms with Gasteiger partial charge in [0.25, 0.3) is 5.56 Å². The Balaban J connectivity index is 1.93. The van der Waals surface area contributed by atoms with Crippen LogP contribution in [0.5, 0.6) is 5.75 Å². The second kappa shape index (κ2) is 10.9. The third-order valence-corrected chi connectivity index (χ3v) is 8.38. The SMILES string of the molecule is CCOC(=O)C1=C(C)N=c2s/c(=C\c3cc(Br)c(OC)c(Br)c3)c(=O)n2[C@H]1c1ccc(SC)cc1. The van der Waals surface area contributed by atoms with E-state index < -0.39 is 12.0 Å². The van der Waals surface area contributed by atoms with E-state index >= 15 is 0 Å². The zero-order chi connectivity index (χ0) is 25.3. The number of benzene rings is 2. The summed E-state index contributed by atoms with van der Waals surface area (Å²) in [6, 6.07) is 11.0. The molecule has 0 aliphatic carbocycles. The molecular formula is C25H22Br2N2O4S2. The summed E-state index contributed by atoms with van der Waals surface area (Å²) in [5.74, 6) is 0.206. The molecule has 0 saturated carbocycles. The normalized spacial score (nSPS) is 15.6. The second-order valence-electron chi connectivity index (χ2n) is 7.59. The van der Waals surface area contributed by atoms with Crippen molar-refractivity contribution in [2.75, 3.05) is 20.0 Å². The summed E-state index contributed by atoms with van der Waals surface area (Å²) < 4.78 is 14.4. The molecule has 0 fully saturated rings. The Kier molecular flexibility index (Phi) is 8.05. The van der Waals surface area contributed by atoms with Crippen LogP contribution in [-0.4, -0.2) is 30.5 Å². The van der Waals surface area contributed by atoms with Crippen molar-refractivity contribution in [2.24, 2.45) is 4.99 Å². The van der Waals surface area contributed by atoms with Crippen LogP contribution in [0.3, 0.4) is 0 Å². The third-order valence-electron chi connectivity index (χ3n) is 5.47. The molecule has 6 nitrogen and oxygen atoms in total. The summed E-state index contributed by atoms with van der Waals surface area (Å²) in [5.41, 5.74) is 2.34. The van der Waals surface area contributed by atoms with Crippen LogP contribution >= 0.6 is 55.0 Å². The molecule has 35 heavy (non-hydrogen) atoms. The highest BCUT2D eigenvalue weighted by Crippen LogP contribution is 2.35. The summed E-state index contributed by atoms with van der Waals surface area (Å²) in [6.45, 7) is 3.78. The van der Waals surface area contributed by atoms with Gasteiger partial charge in [0.1, 0.15) is 5.75 Å². The van der Waals surface area contributed by atoms with Gasteiger partial charge in [0.05, 0.1) is 44.5 Å². The minimum Gasteiger partial charge on any atom is -0.494 e. The molecule has 1 aromatic heterocycles. The minimum atomic E-state index is -0.627. The molecule has 0 amide bonds. The number of hydrogen-bond acceptors (Lipinski definition) is 7. The van der Waals surface area contributed by atoms with Gasteiger partial charge in [-0.2, -0.15) is 0 Å². The smallest absolute Gasteiger partial charge is 0.338 e. The molecule has 0 spiro atoms. The highest BCUT2D eigenvalue weighted by Gasteiger charge is 2.33. The number of fused-ring (bicyclic) bond motifs is 1. The van der Waals surface area contributed by atoms with Gasteiger partial charge in [-0.25, -0.2) is 9.79 Å². The molecule has 0 bridgehead atoms. The quantitative estimate of drug-likeness (QED) is 0.279. The summed E-state index contributed by atoms with van der Waals surface area (Å²) in [7, 11) is 1.60. The van der Waals surface area contributed by atoms with Crippen LogP contribution in [0.2, 0.25) is 0 Å². The topological polar surface area (TPSA) is 69.9 Å². The Labute approximate surface area is 227 Å². The fourth-order valence-corrected chi connectivity index (χ4v) is 6.90. The van der Waals surface area contributed by atoms with Gasteiger partial charge in [-0.3, -0.25) is 9.36 Å². The minimum absolute atomic E-state index is 0.218. The fourth-order valence-electron chi connectivity index (χ4n) is 3.90. The van der Waals surface area contributed by atoms with Gasteiger partial charge in [-0.15, -0.1) is 11.8 Å². The van der Waals surface area contributed by atoms with E-state index in [-0.39, 0.29) is 12.2 Å². The first-order valence-corrected chi connectivity index (χ1v) is 14.3. The lowest BCUT2D eigenvalue weighted by Gasteiger charge is -2.24. The van der Waals surface area contributed by atoms with Crippen LogP contribution in [0, 0.1) is 0 Å². The summed E-state index contributed by atoms with van der Waals surface area (Å²) in [4.78, 5) is 32.9. The van der Waals surface area contributed by atoms with Crippen molar-refractivity contribution in [1.82, 2.24) is 4.57 Å². The Morgan fingerprint density at radius 2 is 1.89 bits per heavy atom. The van der Waals surface area contributed by atoms with E-state index in [2.05, 4.69) is 36.9 Å². The molecule has 2 aromatic carbocycles. The Morgan fingerprint density at radius 1 is 1.23 bits per heavy atom. The molecule has 10 heteroatoms. The van der Waals surface area contributed by atoms with Crippen molar-refractivity contribution in [3.63, 3.8) is 0 Å². The van der Waals surface area contributed by atoms with E-state index in [0.29, 0.717) is 26.4 Å². The number of carbonyl (C=O) groups excluding carboxylic acids is 1. The third kappa shape index (κ3) is 5.07. The van der Waals surface area contributed by atoms with Crippen molar-refractivity contribution >= 4 is 67.0 Å². The molecule has 1 aliphatic heterocycles. The zero-order valence-corrected chi connectivity index (χ0v) is 24.2. The lowest BCUT2D eigenvalue weighted by atomic mass is 9.96. The monoisotopic (exact) mass is 636 g/mol. The maximum atomic E-state index is 13.7. The first kappa shape index (κ1) is 25.9. The Bertz CT molecular complexity index is 1480. The number of methoxy groups -OCH3 is 1. The van der Waals surface area contributed by atoms with Gasteiger partial charge >= 0.3 is 5.97 Å². The van der Waals surface area contributed by atoms with Gasteiger partial charge < -0.3 is 9.47 Å². The van der Waals surface area contributed by atoms with E-state index in [1.54, 1.807) is 37.3 Å². The maximum Gasteiger partial charge on any atom is 0.338 e. The van der Waals surface area contributed by atoms with Crippen molar-refractivity contribution in [3.8, 4) is 5.75 Å². The molecule has 1 aliphatic rings. The van der Waals surface area contributed by atoms with Crippen LogP contribution in [0.1, 0.15) is 31.0 Å². The van der Waals surface area contributed by atoms with Crippen LogP contribution in [0.15, 0.2) is 71.3 Å². The van der Waals surface area contributed by atoms with Crippen LogP contribution in [0.25, 0.3) is 6.08 Å². The van der Waals surface area contributed by atoms with E-state index in [1.165, 1.54) is 11.3 Å². The number of thioether (sulfide) groups is 1. The van der Waals surface area contributed by atoms with Crippen LogP contribution in [0.4, 0.5) is 0 Å². The highest BCUT2D eigenvalue weighted by molar-refractivity contribution is 9.11. The molecule has 3 aromatic rings. The molecule has 0 unspecified atom stereocenters. The molecule has 4 rings (SSSR count). The molecule has 0 saturated heterocycles. The highest BCUT2D eigenvalue weighted by atomic mass is 79.9. The average molecular weight is 638 g/mol. The van der Waals surface area contributed by atoms with E-state index in [9.17, 15) is 9.59 Å². The lowest BCUT2D eigenvalue weighted by Crippen LogP contribution is -2.39. The van der Waals surface area contributed by atoms with Crippen LogP contribution in [-0.2, 0) is 9.53 Å². The number of allylic oxidation sites excluding steroid dienone is 1. The molecule has 0 radical (unpaired) electrons. The average Bonchev–Trinajstić information content (AvgIpc) is 3.12. The standard InChI is InChI=1S/C25H22Br2N2O4S2/c1-5-33-24(31)20-13(2)28-25-29(21(20)15-6-8-16(34-4)9-7-15)23(30)19(35-25)12-14-10-17(26)22(32-3)18(27)11-14/h6-12,21H,5H2,1-4H3/b19-12-/t21-/m0/s1. The lowest BCUT2D eigenvalue weighted by molar-refractivity contribution is -0.139. The van der Waals surface area contributed by atoms with Crippen molar-refractivity contribution in [2.45, 2.75) is 24.8 Å². The number of rotatable bonds is 6. The number of hydrogen-bond donors (Lipinski definition) is 0. The fraction of sp³-hybridized carbons (Fsp3) is 0.240. The van der Waals surface area contributed by atoms with E-state index in [1.807, 2.05) is 48.7 Å². The molecule has 2 heterocycles. The first-order chi connectivity index (χ1) is 16.8. The molecule has 0 N–H and O–H groups in total. The first-order valence-electron chi connectivity index (χ1n) is 10.7. The summed E-state index contributed by atoms with van der Waals surface area (Å²) >= 11 is 9.94. The van der Waals surface area contributed by atoms with Gasteiger partial charge in [-0.1, -0.05) is 23.5 Å². The number of thiazole rings is 1. The number of halogens is 2. The van der Waals surface area contributed by atoms with Crippen molar-refractivity contribution < 1.29 is 14.3 Å². The maximum absolute atomic E-state index is 13.7. The number of nitrogens with zero attached hydrogens (tertiary/aromatic N) is 2. The molecular weight excluding hydrogens is 616 g/mol. The number of ether oxygens (including phenoxy) is 2. The van der Waals surface area contributed by atoms with Gasteiger partial charge in [0, 0.05) is 4.90 Å². The predicted molar refractivity (Wildman–Crippen MR) is 147 cm³/mol. The van der Waals surface area contributed by atoms with E-state index in [0.717, 1.165) is 25.0 Å². The predicted octanol–water partition coefficient (Wildman–Crippen LogP) is 5.05. The summed E-state index contributed by atoms with van der Waals surface area (Å²) in [5, 5.41) is 0. The Hall–Kier alpha value is -2.14. The van der Waals surface area contributed by atoms with Gasteiger partial charge in [0.2, 0.25) is 0 Å². The number of esters is 1. The van der Waals surface area contributed by atoms with Crippen LogP contribution < -0.4 is 19.6 Å². The number of carbonyl (C=O) groups is 1. The zero-order valence-electron chi connectivity index (χ0n) is 19.4. The molecule has 1 atom stereocenters.